The minimum atomic E-state index is -0.977. The molecule has 0 saturated carbocycles. The lowest BCUT2D eigenvalue weighted by Crippen LogP contribution is -2.55. The quantitative estimate of drug-likeness (QED) is 0.863. The Kier molecular flexibility index (Phi) is 4.02. The van der Waals surface area contributed by atoms with Crippen molar-refractivity contribution < 1.29 is 24.2 Å². The summed E-state index contributed by atoms with van der Waals surface area (Å²) in [6.45, 7) is 1.29. The lowest BCUT2D eigenvalue weighted by molar-refractivity contribution is -0.161. The van der Waals surface area contributed by atoms with Gasteiger partial charge in [0.1, 0.15) is 5.41 Å². The first-order valence-electron chi connectivity index (χ1n) is 7.42. The van der Waals surface area contributed by atoms with Gasteiger partial charge in [0, 0.05) is 13.0 Å². The number of rotatable bonds is 3. The molecule has 1 aromatic rings. The maximum Gasteiger partial charge on any atom is 0.407 e. The highest BCUT2D eigenvalue weighted by molar-refractivity contribution is 5.80. The number of esters is 1. The van der Waals surface area contributed by atoms with Gasteiger partial charge in [0.2, 0.25) is 0 Å². The number of amides is 1. The van der Waals surface area contributed by atoms with Crippen molar-refractivity contribution in [3.63, 3.8) is 0 Å². The molecule has 2 aliphatic heterocycles. The number of ether oxygens (including phenoxy) is 2. The molecule has 0 bridgehead atoms. The zero-order chi connectivity index (χ0) is 15.6. The summed E-state index contributed by atoms with van der Waals surface area (Å²) in [6.07, 6.45) is -0.391. The van der Waals surface area contributed by atoms with Gasteiger partial charge in [-0.25, -0.2) is 4.79 Å². The lowest BCUT2D eigenvalue weighted by Gasteiger charge is -2.41. The number of carbonyl (C=O) groups is 2. The van der Waals surface area contributed by atoms with E-state index in [1.807, 2.05) is 30.3 Å². The molecule has 22 heavy (non-hydrogen) atoms. The number of cyclic esters (lactones) is 1. The average molecular weight is 305 g/mol. The van der Waals surface area contributed by atoms with E-state index < -0.39 is 17.6 Å². The molecular weight excluding hydrogens is 286 g/mol. The van der Waals surface area contributed by atoms with Gasteiger partial charge in [-0.05, 0) is 12.0 Å². The topological polar surface area (TPSA) is 76.1 Å². The van der Waals surface area contributed by atoms with Crippen LogP contribution < -0.4 is 0 Å². The van der Waals surface area contributed by atoms with Crippen LogP contribution in [0, 0.1) is 5.41 Å². The van der Waals surface area contributed by atoms with Crippen molar-refractivity contribution in [1.82, 2.24) is 4.90 Å². The van der Waals surface area contributed by atoms with Gasteiger partial charge in [-0.15, -0.1) is 0 Å². The number of benzene rings is 1. The summed E-state index contributed by atoms with van der Waals surface area (Å²) < 4.78 is 11.1. The van der Waals surface area contributed by atoms with Crippen LogP contribution in [0.1, 0.15) is 18.4 Å². The summed E-state index contributed by atoms with van der Waals surface area (Å²) in [4.78, 5) is 24.7. The first-order chi connectivity index (χ1) is 10.6. The second-order valence-electron chi connectivity index (χ2n) is 5.81. The van der Waals surface area contributed by atoms with Gasteiger partial charge < -0.3 is 19.5 Å². The average Bonchev–Trinajstić information content (AvgIpc) is 2.89. The Morgan fingerprint density at radius 1 is 1.36 bits per heavy atom. The molecular formula is C16H19NO5. The number of piperidine rings is 1. The number of likely N-dealkylation sites (tertiary alicyclic amines) is 1. The summed E-state index contributed by atoms with van der Waals surface area (Å²) >= 11 is 0. The molecule has 3 rings (SSSR count). The predicted octanol–water partition coefficient (Wildman–Crippen LogP) is 1.89. The molecule has 2 heterocycles. The van der Waals surface area contributed by atoms with Crippen LogP contribution in [-0.2, 0) is 20.9 Å². The molecule has 118 valence electrons. The van der Waals surface area contributed by atoms with Gasteiger partial charge in [-0.2, -0.15) is 0 Å². The van der Waals surface area contributed by atoms with Crippen LogP contribution in [0.5, 0.6) is 0 Å². The second kappa shape index (κ2) is 5.96. The largest absolute Gasteiger partial charge is 0.465 e. The molecule has 2 atom stereocenters. The van der Waals surface area contributed by atoms with Crippen molar-refractivity contribution in [2.75, 3.05) is 19.7 Å². The van der Waals surface area contributed by atoms with Gasteiger partial charge >= 0.3 is 12.1 Å². The Morgan fingerprint density at radius 2 is 2.14 bits per heavy atom. The van der Waals surface area contributed by atoms with Crippen molar-refractivity contribution in [1.29, 1.82) is 0 Å². The van der Waals surface area contributed by atoms with Crippen LogP contribution in [-0.4, -0.2) is 47.9 Å². The maximum absolute atomic E-state index is 12.2. The smallest absolute Gasteiger partial charge is 0.407 e. The summed E-state index contributed by atoms with van der Waals surface area (Å²) in [7, 11) is 0. The molecule has 2 saturated heterocycles. The molecule has 0 aromatic heterocycles. The van der Waals surface area contributed by atoms with Crippen LogP contribution in [0.2, 0.25) is 0 Å². The van der Waals surface area contributed by atoms with Crippen molar-refractivity contribution in [3.05, 3.63) is 35.9 Å². The summed E-state index contributed by atoms with van der Waals surface area (Å²) in [5.74, 6) is -0.254. The molecule has 6 heteroatoms. The summed E-state index contributed by atoms with van der Waals surface area (Å²) in [5.41, 5.74) is 0.303. The molecule has 0 aliphatic carbocycles. The van der Waals surface area contributed by atoms with Gasteiger partial charge in [-0.3, -0.25) is 4.79 Å². The highest BCUT2D eigenvalue weighted by Gasteiger charge is 2.54. The number of nitrogens with zero attached hydrogens (tertiary/aromatic N) is 1. The SMILES string of the molecule is O=C(O)N1CCC2(CCOC2=O)C(OCc2ccccc2)C1. The fraction of sp³-hybridized carbons (Fsp3) is 0.500. The molecule has 1 spiro atoms. The first-order valence-corrected chi connectivity index (χ1v) is 7.42. The number of carbonyl (C=O) groups excluding carboxylic acids is 1. The highest BCUT2D eigenvalue weighted by Crippen LogP contribution is 2.42. The van der Waals surface area contributed by atoms with Crippen LogP contribution in [0.4, 0.5) is 4.79 Å². The van der Waals surface area contributed by atoms with Crippen LogP contribution in [0.3, 0.4) is 0 Å². The zero-order valence-electron chi connectivity index (χ0n) is 12.2. The van der Waals surface area contributed by atoms with E-state index in [1.54, 1.807) is 0 Å². The predicted molar refractivity (Wildman–Crippen MR) is 77.2 cm³/mol. The standard InChI is InChI=1S/C16H19NO5/c18-14-16(7-9-21-14)6-8-17(15(19)20)10-13(16)22-11-12-4-2-1-3-5-12/h1-5,13H,6-11H2,(H,19,20). The maximum atomic E-state index is 12.2. The minimum Gasteiger partial charge on any atom is -0.465 e. The van der Waals surface area contributed by atoms with Gasteiger partial charge in [0.25, 0.3) is 0 Å². The Morgan fingerprint density at radius 3 is 2.77 bits per heavy atom. The Hall–Kier alpha value is -2.08. The molecule has 2 unspecified atom stereocenters. The van der Waals surface area contributed by atoms with Crippen molar-refractivity contribution in [3.8, 4) is 0 Å². The molecule has 2 fully saturated rings. The van der Waals surface area contributed by atoms with Gasteiger partial charge in [0.05, 0.1) is 25.9 Å². The van der Waals surface area contributed by atoms with Gasteiger partial charge in [0.15, 0.2) is 0 Å². The monoisotopic (exact) mass is 305 g/mol. The van der Waals surface area contributed by atoms with Crippen molar-refractivity contribution >= 4 is 12.1 Å². The van der Waals surface area contributed by atoms with Crippen molar-refractivity contribution in [2.45, 2.75) is 25.6 Å². The van der Waals surface area contributed by atoms with Crippen molar-refractivity contribution in [2.24, 2.45) is 5.41 Å². The van der Waals surface area contributed by atoms with E-state index in [0.717, 1.165) is 5.56 Å². The molecule has 2 aliphatic rings. The fourth-order valence-electron chi connectivity index (χ4n) is 3.21. The molecule has 1 aromatic carbocycles. The third kappa shape index (κ3) is 2.66. The van der Waals surface area contributed by atoms with Gasteiger partial charge in [-0.1, -0.05) is 30.3 Å². The van der Waals surface area contributed by atoms with Crippen LogP contribution >= 0.6 is 0 Å². The summed E-state index contributed by atoms with van der Waals surface area (Å²) in [6, 6.07) is 9.65. The molecule has 6 nitrogen and oxygen atoms in total. The molecule has 0 radical (unpaired) electrons. The normalized spacial score (nSPS) is 27.9. The van der Waals surface area contributed by atoms with E-state index in [0.29, 0.717) is 32.6 Å². The Labute approximate surface area is 128 Å². The minimum absolute atomic E-state index is 0.206. The van der Waals surface area contributed by atoms with E-state index in [-0.39, 0.29) is 12.5 Å². The Bertz CT molecular complexity index is 561. The third-order valence-corrected chi connectivity index (χ3v) is 4.58. The number of hydrogen-bond donors (Lipinski definition) is 1. The van der Waals surface area contributed by atoms with E-state index in [2.05, 4.69) is 0 Å². The Balaban J connectivity index is 1.75. The molecule has 1 N–H and O–H groups in total. The lowest BCUT2D eigenvalue weighted by atomic mass is 9.75. The number of hydrogen-bond acceptors (Lipinski definition) is 4. The van der Waals surface area contributed by atoms with Crippen LogP contribution in [0.15, 0.2) is 30.3 Å². The van der Waals surface area contributed by atoms with E-state index >= 15 is 0 Å². The first kappa shape index (κ1) is 14.8. The van der Waals surface area contributed by atoms with E-state index in [1.165, 1.54) is 4.90 Å². The second-order valence-corrected chi connectivity index (χ2v) is 5.81. The number of carboxylic acid groups (broad SMARTS) is 1. The third-order valence-electron chi connectivity index (χ3n) is 4.58. The van der Waals surface area contributed by atoms with E-state index in [9.17, 15) is 14.7 Å². The highest BCUT2D eigenvalue weighted by atomic mass is 16.5. The van der Waals surface area contributed by atoms with Crippen LogP contribution in [0.25, 0.3) is 0 Å². The van der Waals surface area contributed by atoms with E-state index in [4.69, 9.17) is 9.47 Å². The zero-order valence-corrected chi connectivity index (χ0v) is 12.2. The molecule has 1 amide bonds. The summed E-state index contributed by atoms with van der Waals surface area (Å²) in [5, 5.41) is 9.19. The fourth-order valence-corrected chi connectivity index (χ4v) is 3.21.